The predicted octanol–water partition coefficient (Wildman–Crippen LogP) is 1.38. The van der Waals surface area contributed by atoms with Gasteiger partial charge in [0, 0.05) is 12.2 Å². The van der Waals surface area contributed by atoms with Crippen molar-refractivity contribution in [2.24, 2.45) is 5.14 Å². The van der Waals surface area contributed by atoms with E-state index in [4.69, 9.17) is 16.7 Å². The molecule has 0 fully saturated rings. The van der Waals surface area contributed by atoms with E-state index < -0.39 is 10.0 Å². The van der Waals surface area contributed by atoms with Gasteiger partial charge in [-0.05, 0) is 24.1 Å². The highest BCUT2D eigenvalue weighted by atomic mass is 35.5. The summed E-state index contributed by atoms with van der Waals surface area (Å²) in [6, 6.07) is 3.14. The van der Waals surface area contributed by atoms with Crippen molar-refractivity contribution < 1.29 is 8.42 Å². The molecule has 0 radical (unpaired) electrons. The largest absolute Gasteiger partial charge is 0.384 e. The monoisotopic (exact) mass is 268 g/mol. The molecule has 1 aliphatic heterocycles. The molecule has 1 aromatic rings. The second-order valence-corrected chi connectivity index (χ2v) is 5.10. The molecule has 3 N–H and O–H groups in total. The molecule has 0 aliphatic carbocycles. The maximum absolute atomic E-state index is 11.1. The first-order chi connectivity index (χ1) is 6.48. The Kier molecular flexibility index (Phi) is 3.50. The van der Waals surface area contributed by atoms with E-state index in [2.05, 4.69) is 5.32 Å². The standard InChI is InChI=1S/C8H9ClN2O2S.ClH/c9-6-4-7-5(1-2-11-7)3-8(6)14(10,12)13;/h3-4,11H,1-2H2,(H2,10,12,13);1H. The minimum atomic E-state index is -3.71. The highest BCUT2D eigenvalue weighted by Gasteiger charge is 2.18. The van der Waals surface area contributed by atoms with Gasteiger partial charge in [-0.1, -0.05) is 11.6 Å². The van der Waals surface area contributed by atoms with Crippen LogP contribution in [0.2, 0.25) is 5.02 Å². The van der Waals surface area contributed by atoms with E-state index in [0.29, 0.717) is 0 Å². The number of hydrogen-bond acceptors (Lipinski definition) is 3. The Morgan fingerprint density at radius 1 is 1.40 bits per heavy atom. The number of anilines is 1. The molecule has 0 bridgehead atoms. The van der Waals surface area contributed by atoms with Gasteiger partial charge in [-0.15, -0.1) is 12.4 Å². The summed E-state index contributed by atoms with van der Waals surface area (Å²) in [6.45, 7) is 0.805. The Morgan fingerprint density at radius 3 is 2.67 bits per heavy atom. The van der Waals surface area contributed by atoms with Crippen molar-refractivity contribution in [1.29, 1.82) is 0 Å². The number of benzene rings is 1. The van der Waals surface area contributed by atoms with Gasteiger partial charge in [-0.2, -0.15) is 0 Å². The van der Waals surface area contributed by atoms with Gasteiger partial charge in [-0.3, -0.25) is 0 Å². The molecule has 2 rings (SSSR count). The topological polar surface area (TPSA) is 72.2 Å². The molecule has 4 nitrogen and oxygen atoms in total. The summed E-state index contributed by atoms with van der Waals surface area (Å²) in [5.41, 5.74) is 1.83. The van der Waals surface area contributed by atoms with Gasteiger partial charge < -0.3 is 5.32 Å². The van der Waals surface area contributed by atoms with E-state index in [1.807, 2.05) is 0 Å². The fourth-order valence-corrected chi connectivity index (χ4v) is 2.64. The molecular weight excluding hydrogens is 259 g/mol. The zero-order chi connectivity index (χ0) is 10.3. The second-order valence-electron chi connectivity index (χ2n) is 3.16. The summed E-state index contributed by atoms with van der Waals surface area (Å²) in [5, 5.41) is 8.29. The lowest BCUT2D eigenvalue weighted by Crippen LogP contribution is -2.13. The Hall–Kier alpha value is -0.490. The second kappa shape index (κ2) is 4.17. The van der Waals surface area contributed by atoms with E-state index in [-0.39, 0.29) is 22.3 Å². The number of nitrogens with two attached hydrogens (primary N) is 1. The molecule has 0 saturated heterocycles. The predicted molar refractivity (Wildman–Crippen MR) is 62.3 cm³/mol. The lowest BCUT2D eigenvalue weighted by atomic mass is 10.2. The van der Waals surface area contributed by atoms with Gasteiger partial charge in [0.1, 0.15) is 4.90 Å². The number of rotatable bonds is 1. The molecule has 1 heterocycles. The van der Waals surface area contributed by atoms with Gasteiger partial charge in [0.25, 0.3) is 0 Å². The van der Waals surface area contributed by atoms with E-state index in [0.717, 1.165) is 24.2 Å². The maximum atomic E-state index is 11.1. The first-order valence-corrected chi connectivity index (χ1v) is 6.00. The number of primary sulfonamides is 1. The van der Waals surface area contributed by atoms with Gasteiger partial charge >= 0.3 is 0 Å². The van der Waals surface area contributed by atoms with Crippen LogP contribution < -0.4 is 10.5 Å². The normalized spacial score (nSPS) is 14.0. The van der Waals surface area contributed by atoms with Crippen LogP contribution in [-0.4, -0.2) is 15.0 Å². The van der Waals surface area contributed by atoms with E-state index >= 15 is 0 Å². The fraction of sp³-hybridized carbons (Fsp3) is 0.250. The van der Waals surface area contributed by atoms with Gasteiger partial charge in [-0.25, -0.2) is 13.6 Å². The highest BCUT2D eigenvalue weighted by molar-refractivity contribution is 7.89. The Balaban J connectivity index is 0.00000112. The summed E-state index contributed by atoms with van der Waals surface area (Å²) in [5.74, 6) is 0. The van der Waals surface area contributed by atoms with Crippen LogP contribution >= 0.6 is 24.0 Å². The Morgan fingerprint density at radius 2 is 2.07 bits per heavy atom. The summed E-state index contributed by atoms with van der Waals surface area (Å²) in [4.78, 5) is 0.00150. The molecule has 0 unspecified atom stereocenters. The van der Waals surface area contributed by atoms with Crippen molar-refractivity contribution in [3.8, 4) is 0 Å². The van der Waals surface area contributed by atoms with Crippen LogP contribution in [0.5, 0.6) is 0 Å². The zero-order valence-electron chi connectivity index (χ0n) is 7.66. The summed E-state index contributed by atoms with van der Waals surface area (Å²) >= 11 is 5.79. The molecule has 84 valence electrons. The average Bonchev–Trinajstić information content (AvgIpc) is 2.47. The first kappa shape index (κ1) is 12.6. The van der Waals surface area contributed by atoms with Crippen molar-refractivity contribution in [2.45, 2.75) is 11.3 Å². The number of nitrogens with one attached hydrogen (secondary N) is 1. The van der Waals surface area contributed by atoms with Gasteiger partial charge in [0.05, 0.1) is 5.02 Å². The quantitative estimate of drug-likeness (QED) is 0.809. The van der Waals surface area contributed by atoms with E-state index in [1.54, 1.807) is 6.07 Å². The van der Waals surface area contributed by atoms with Crippen LogP contribution in [0.3, 0.4) is 0 Å². The Labute approximate surface area is 99.3 Å². The smallest absolute Gasteiger partial charge is 0.239 e. The van der Waals surface area contributed by atoms with Crippen molar-refractivity contribution in [3.63, 3.8) is 0 Å². The highest BCUT2D eigenvalue weighted by Crippen LogP contribution is 2.30. The molecule has 1 aromatic carbocycles. The number of sulfonamides is 1. The summed E-state index contributed by atoms with van der Waals surface area (Å²) < 4.78 is 22.3. The van der Waals surface area contributed by atoms with Crippen LogP contribution in [0, 0.1) is 0 Å². The maximum Gasteiger partial charge on any atom is 0.239 e. The van der Waals surface area contributed by atoms with Crippen LogP contribution in [0.4, 0.5) is 5.69 Å². The zero-order valence-corrected chi connectivity index (χ0v) is 10.0. The fourth-order valence-electron chi connectivity index (χ4n) is 1.52. The molecule has 0 amide bonds. The number of halogens is 2. The minimum Gasteiger partial charge on any atom is -0.384 e. The van der Waals surface area contributed by atoms with Crippen molar-refractivity contribution >= 4 is 39.7 Å². The molecule has 0 saturated carbocycles. The third kappa shape index (κ3) is 2.36. The summed E-state index contributed by atoms with van der Waals surface area (Å²) in [7, 11) is -3.71. The minimum absolute atomic E-state index is 0. The number of hydrogen-bond donors (Lipinski definition) is 2. The van der Waals surface area contributed by atoms with Crippen molar-refractivity contribution in [3.05, 3.63) is 22.7 Å². The molecule has 0 atom stereocenters. The van der Waals surface area contributed by atoms with Gasteiger partial charge in [0.2, 0.25) is 10.0 Å². The lowest BCUT2D eigenvalue weighted by molar-refractivity contribution is 0.598. The molecule has 15 heavy (non-hydrogen) atoms. The van der Waals surface area contributed by atoms with Crippen LogP contribution in [0.1, 0.15) is 5.56 Å². The number of fused-ring (bicyclic) bond motifs is 1. The third-order valence-corrected chi connectivity index (χ3v) is 3.55. The molecule has 0 spiro atoms. The van der Waals surface area contributed by atoms with Crippen molar-refractivity contribution in [2.75, 3.05) is 11.9 Å². The van der Waals surface area contributed by atoms with Crippen molar-refractivity contribution in [1.82, 2.24) is 0 Å². The molecular formula is C8H10Cl2N2O2S. The van der Waals surface area contributed by atoms with Crippen LogP contribution in [0.25, 0.3) is 0 Å². The first-order valence-electron chi connectivity index (χ1n) is 4.07. The molecule has 0 aromatic heterocycles. The van der Waals surface area contributed by atoms with E-state index in [9.17, 15) is 8.42 Å². The SMILES string of the molecule is Cl.NS(=O)(=O)c1cc2c(cc1Cl)NCC2. The van der Waals surface area contributed by atoms with Crippen LogP contribution in [0.15, 0.2) is 17.0 Å². The third-order valence-electron chi connectivity index (χ3n) is 2.17. The summed E-state index contributed by atoms with van der Waals surface area (Å²) in [6.07, 6.45) is 0.801. The van der Waals surface area contributed by atoms with Gasteiger partial charge in [0.15, 0.2) is 0 Å². The van der Waals surface area contributed by atoms with E-state index in [1.165, 1.54) is 6.07 Å². The lowest BCUT2D eigenvalue weighted by Gasteiger charge is -2.05. The Bertz CT molecular complexity index is 488. The van der Waals surface area contributed by atoms with Crippen LogP contribution in [-0.2, 0) is 16.4 Å². The average molecular weight is 269 g/mol. The molecule has 7 heteroatoms. The molecule has 1 aliphatic rings.